The molecule has 1 saturated heterocycles. The molecule has 35 heavy (non-hydrogen) atoms. The summed E-state index contributed by atoms with van der Waals surface area (Å²) in [7, 11) is 0. The zero-order chi connectivity index (χ0) is 25.0. The van der Waals surface area contributed by atoms with Gasteiger partial charge in [0.2, 0.25) is 0 Å². The lowest BCUT2D eigenvalue weighted by molar-refractivity contribution is 0.0645. The molecule has 2 heterocycles. The van der Waals surface area contributed by atoms with Crippen LogP contribution < -0.4 is 16.8 Å². The maximum Gasteiger partial charge on any atom is 0.358 e. The molecule has 0 saturated carbocycles. The average molecular weight is 483 g/mol. The van der Waals surface area contributed by atoms with Gasteiger partial charge in [0.05, 0.1) is 11.7 Å². The van der Waals surface area contributed by atoms with Crippen LogP contribution in [-0.2, 0) is 4.74 Å². The molecule has 2 aromatic rings. The number of hydrogen-bond acceptors (Lipinski definition) is 7. The summed E-state index contributed by atoms with van der Waals surface area (Å²) in [6.07, 6.45) is 10.4. The number of hydrogen-bond donors (Lipinski definition) is 4. The molecule has 1 amide bonds. The minimum Gasteiger partial charge on any atom is -0.476 e. The van der Waals surface area contributed by atoms with Gasteiger partial charge in [0, 0.05) is 49.5 Å². The number of rotatable bonds is 12. The van der Waals surface area contributed by atoms with Crippen molar-refractivity contribution in [3.8, 4) is 0 Å². The Labute approximate surface area is 205 Å². The Balaban J connectivity index is 1.68. The summed E-state index contributed by atoms with van der Waals surface area (Å²) in [6, 6.07) is 6.98. The molecule has 1 aliphatic rings. The van der Waals surface area contributed by atoms with E-state index in [0.717, 1.165) is 44.1 Å². The zero-order valence-electron chi connectivity index (χ0n) is 19.9. The van der Waals surface area contributed by atoms with Crippen LogP contribution in [0.3, 0.4) is 0 Å². The topological polar surface area (TPSA) is 158 Å². The van der Waals surface area contributed by atoms with E-state index in [9.17, 15) is 14.7 Å². The van der Waals surface area contributed by atoms with Gasteiger partial charge in [-0.1, -0.05) is 25.0 Å². The largest absolute Gasteiger partial charge is 0.476 e. The fraction of sp³-hybridized carbons (Fsp3) is 0.440. The molecule has 1 aromatic heterocycles. The second-order valence-corrected chi connectivity index (χ2v) is 8.42. The number of anilines is 1. The molecule has 0 spiro atoms. The number of carbonyl (C=O) groups is 2. The highest BCUT2D eigenvalue weighted by Crippen LogP contribution is 2.25. The standard InChI is InChI=1S/C25H34N6O4/c26-10-3-1-2-4-11-28-16-20(15-27)18-6-5-7-19(14-18)24(32)29-22-17-31(30-23(22)25(33)34)21-8-12-35-13-9-21/h5-7,14-17,21H,1-4,8-13,26-27H2,(H,29,32)(H,33,34). The van der Waals surface area contributed by atoms with E-state index in [1.807, 2.05) is 6.07 Å². The SMILES string of the molecule is NC=C(C=NCCCCCCN)c1cccc(C(=O)Nc2cn(C3CCOCC3)nc2C(=O)O)c1. The fourth-order valence-electron chi connectivity index (χ4n) is 3.89. The summed E-state index contributed by atoms with van der Waals surface area (Å²) in [5, 5.41) is 16.5. The number of aromatic carboxylic acids is 1. The van der Waals surface area contributed by atoms with Crippen molar-refractivity contribution in [1.82, 2.24) is 9.78 Å². The van der Waals surface area contributed by atoms with Crippen LogP contribution in [-0.4, -0.2) is 59.3 Å². The second kappa shape index (κ2) is 13.4. The van der Waals surface area contributed by atoms with Crippen LogP contribution in [0, 0.1) is 0 Å². The van der Waals surface area contributed by atoms with Crippen LogP contribution in [0.2, 0.25) is 0 Å². The summed E-state index contributed by atoms with van der Waals surface area (Å²) in [5.74, 6) is -1.64. The number of carboxylic acid groups (broad SMARTS) is 1. The molecule has 3 rings (SSSR count). The third kappa shape index (κ3) is 7.49. The van der Waals surface area contributed by atoms with Gasteiger partial charge in [-0.2, -0.15) is 5.10 Å². The third-order valence-electron chi connectivity index (χ3n) is 5.86. The predicted octanol–water partition coefficient (Wildman–Crippen LogP) is 3.07. The highest BCUT2D eigenvalue weighted by atomic mass is 16.5. The Morgan fingerprint density at radius 1 is 1.20 bits per heavy atom. The summed E-state index contributed by atoms with van der Waals surface area (Å²) >= 11 is 0. The molecule has 6 N–H and O–H groups in total. The van der Waals surface area contributed by atoms with Gasteiger partial charge in [0.1, 0.15) is 0 Å². The van der Waals surface area contributed by atoms with E-state index in [0.29, 0.717) is 37.4 Å². The molecule has 0 radical (unpaired) electrons. The van der Waals surface area contributed by atoms with Gasteiger partial charge in [0.15, 0.2) is 5.69 Å². The fourth-order valence-corrected chi connectivity index (χ4v) is 3.89. The van der Waals surface area contributed by atoms with Crippen LogP contribution in [0.1, 0.15) is 71.0 Å². The van der Waals surface area contributed by atoms with Gasteiger partial charge < -0.3 is 26.6 Å². The quantitative estimate of drug-likeness (QED) is 0.267. The molecule has 10 heteroatoms. The Bertz CT molecular complexity index is 1060. The van der Waals surface area contributed by atoms with E-state index in [2.05, 4.69) is 15.4 Å². The summed E-state index contributed by atoms with van der Waals surface area (Å²) in [4.78, 5) is 29.1. The highest BCUT2D eigenvalue weighted by Gasteiger charge is 2.23. The number of allylic oxidation sites excluding steroid dienone is 1. The number of ether oxygens (including phenoxy) is 1. The Hall–Kier alpha value is -3.50. The van der Waals surface area contributed by atoms with Crippen molar-refractivity contribution < 1.29 is 19.4 Å². The number of carboxylic acids is 1. The highest BCUT2D eigenvalue weighted by molar-refractivity contribution is 6.11. The second-order valence-electron chi connectivity index (χ2n) is 8.42. The first kappa shape index (κ1) is 26.1. The van der Waals surface area contributed by atoms with E-state index in [-0.39, 0.29) is 17.4 Å². The molecule has 0 unspecified atom stereocenters. The molecule has 0 aliphatic carbocycles. The summed E-state index contributed by atoms with van der Waals surface area (Å²) in [5.41, 5.74) is 13.1. The number of carbonyl (C=O) groups excluding carboxylic acids is 1. The molecule has 1 fully saturated rings. The molecule has 0 bridgehead atoms. The third-order valence-corrected chi connectivity index (χ3v) is 5.86. The molecule has 188 valence electrons. The van der Waals surface area contributed by atoms with Crippen LogP contribution in [0.4, 0.5) is 5.69 Å². The minimum atomic E-state index is -1.20. The van der Waals surface area contributed by atoms with Crippen molar-refractivity contribution in [2.75, 3.05) is 31.6 Å². The molecular weight excluding hydrogens is 448 g/mol. The van der Waals surface area contributed by atoms with Gasteiger partial charge in [-0.25, -0.2) is 4.79 Å². The zero-order valence-corrected chi connectivity index (χ0v) is 19.9. The summed E-state index contributed by atoms with van der Waals surface area (Å²) < 4.78 is 6.98. The molecule has 10 nitrogen and oxygen atoms in total. The first-order valence-electron chi connectivity index (χ1n) is 12.0. The molecular formula is C25H34N6O4. The number of nitrogens with one attached hydrogen (secondary N) is 1. The van der Waals surface area contributed by atoms with Gasteiger partial charge in [-0.15, -0.1) is 0 Å². The van der Waals surface area contributed by atoms with Gasteiger partial charge in [-0.05, 0) is 49.9 Å². The number of benzene rings is 1. The maximum atomic E-state index is 13.0. The number of amides is 1. The number of unbranched alkanes of at least 4 members (excludes halogenated alkanes) is 3. The Morgan fingerprint density at radius 3 is 2.66 bits per heavy atom. The normalized spacial score (nSPS) is 14.9. The van der Waals surface area contributed by atoms with Crippen molar-refractivity contribution in [3.05, 3.63) is 53.5 Å². The smallest absolute Gasteiger partial charge is 0.358 e. The van der Waals surface area contributed by atoms with E-state index in [1.54, 1.807) is 35.3 Å². The Kier molecular flexibility index (Phi) is 10.00. The van der Waals surface area contributed by atoms with Crippen molar-refractivity contribution in [2.24, 2.45) is 16.5 Å². The van der Waals surface area contributed by atoms with E-state index in [1.165, 1.54) is 6.20 Å². The van der Waals surface area contributed by atoms with Crippen molar-refractivity contribution in [3.63, 3.8) is 0 Å². The van der Waals surface area contributed by atoms with Gasteiger partial charge >= 0.3 is 5.97 Å². The molecule has 1 aliphatic heterocycles. The van der Waals surface area contributed by atoms with Crippen LogP contribution in [0.25, 0.3) is 5.57 Å². The van der Waals surface area contributed by atoms with Crippen molar-refractivity contribution in [1.29, 1.82) is 0 Å². The summed E-state index contributed by atoms with van der Waals surface area (Å²) in [6.45, 7) is 2.59. The molecule has 0 atom stereocenters. The lowest BCUT2D eigenvalue weighted by atomic mass is 10.0. The lowest BCUT2D eigenvalue weighted by Crippen LogP contribution is -2.20. The lowest BCUT2D eigenvalue weighted by Gasteiger charge is -2.22. The Morgan fingerprint density at radius 2 is 1.94 bits per heavy atom. The van der Waals surface area contributed by atoms with E-state index in [4.69, 9.17) is 16.2 Å². The number of aromatic nitrogens is 2. The van der Waals surface area contributed by atoms with E-state index >= 15 is 0 Å². The first-order chi connectivity index (χ1) is 17.0. The van der Waals surface area contributed by atoms with Crippen LogP contribution in [0.15, 0.2) is 41.7 Å². The van der Waals surface area contributed by atoms with E-state index < -0.39 is 11.9 Å². The predicted molar refractivity (Wildman–Crippen MR) is 136 cm³/mol. The minimum absolute atomic E-state index is 0.0352. The van der Waals surface area contributed by atoms with Crippen molar-refractivity contribution in [2.45, 2.75) is 44.6 Å². The van der Waals surface area contributed by atoms with Gasteiger partial charge in [-0.3, -0.25) is 14.5 Å². The average Bonchev–Trinajstić information content (AvgIpc) is 3.30. The molecule has 1 aromatic carbocycles. The maximum absolute atomic E-state index is 13.0. The van der Waals surface area contributed by atoms with Gasteiger partial charge in [0.25, 0.3) is 5.91 Å². The van der Waals surface area contributed by atoms with Crippen LogP contribution >= 0.6 is 0 Å². The number of nitrogens with zero attached hydrogens (tertiary/aromatic N) is 3. The van der Waals surface area contributed by atoms with Crippen LogP contribution in [0.5, 0.6) is 0 Å². The number of nitrogens with two attached hydrogens (primary N) is 2. The first-order valence-corrected chi connectivity index (χ1v) is 12.0. The monoisotopic (exact) mass is 482 g/mol. The van der Waals surface area contributed by atoms with Crippen molar-refractivity contribution >= 4 is 29.4 Å². The number of aliphatic imine (C=N–C) groups is 1.